The number of hydrogen-bond donors (Lipinski definition) is 1. The zero-order chi connectivity index (χ0) is 22.8. The molecule has 0 bridgehead atoms. The molecule has 170 valence electrons. The number of ether oxygens (including phenoxy) is 1. The molecule has 1 saturated heterocycles. The van der Waals surface area contributed by atoms with E-state index < -0.39 is 5.60 Å². The van der Waals surface area contributed by atoms with Crippen molar-refractivity contribution in [2.45, 2.75) is 58.1 Å². The average Bonchev–Trinajstić information content (AvgIpc) is 3.57. The molecule has 0 spiro atoms. The summed E-state index contributed by atoms with van der Waals surface area (Å²) in [6, 6.07) is 12.3. The summed E-state index contributed by atoms with van der Waals surface area (Å²) >= 11 is 0. The van der Waals surface area contributed by atoms with Gasteiger partial charge >= 0.3 is 0 Å². The number of carbonyl (C=O) groups excluding carboxylic acids is 2. The lowest BCUT2D eigenvalue weighted by atomic mass is 9.88. The standard InChI is InChI=1S/C26H33N3O3/c1-25(2,3)17-23(30)29-13-14-32-26(18-29,24(31)28-22-7-8-22)16-19-5-4-6-21(15-19)20-9-11-27-12-10-20/h4-6,9-12,15,22H,7-8,13-14,16-18H2,1-3H3,(H,28,31). The van der Waals surface area contributed by atoms with Crippen molar-refractivity contribution < 1.29 is 14.3 Å². The highest BCUT2D eigenvalue weighted by Crippen LogP contribution is 2.30. The number of aromatic nitrogens is 1. The zero-order valence-electron chi connectivity index (χ0n) is 19.3. The third-order valence-electron chi connectivity index (χ3n) is 5.98. The lowest BCUT2D eigenvalue weighted by Gasteiger charge is -2.42. The molecule has 0 radical (unpaired) electrons. The number of carbonyl (C=O) groups is 2. The monoisotopic (exact) mass is 435 g/mol. The highest BCUT2D eigenvalue weighted by atomic mass is 16.5. The second kappa shape index (κ2) is 9.02. The maximum absolute atomic E-state index is 13.4. The summed E-state index contributed by atoms with van der Waals surface area (Å²) in [4.78, 5) is 32.3. The largest absolute Gasteiger partial charge is 0.361 e. The smallest absolute Gasteiger partial charge is 0.254 e. The summed E-state index contributed by atoms with van der Waals surface area (Å²) in [6.07, 6.45) is 6.43. The van der Waals surface area contributed by atoms with Gasteiger partial charge in [0.15, 0.2) is 5.60 Å². The minimum absolute atomic E-state index is 0.0786. The van der Waals surface area contributed by atoms with Crippen LogP contribution in [0.25, 0.3) is 11.1 Å². The van der Waals surface area contributed by atoms with Crippen LogP contribution in [-0.2, 0) is 20.7 Å². The van der Waals surface area contributed by atoms with Gasteiger partial charge in [-0.25, -0.2) is 0 Å². The summed E-state index contributed by atoms with van der Waals surface area (Å²) in [5.74, 6) is -0.0301. The van der Waals surface area contributed by atoms with Gasteiger partial charge in [-0.15, -0.1) is 0 Å². The molecule has 1 aliphatic heterocycles. The Kier molecular flexibility index (Phi) is 6.33. The normalized spacial score (nSPS) is 21.3. The van der Waals surface area contributed by atoms with Crippen molar-refractivity contribution in [3.63, 3.8) is 0 Å². The molecule has 2 fully saturated rings. The molecule has 2 amide bonds. The van der Waals surface area contributed by atoms with Crippen LogP contribution in [0.4, 0.5) is 0 Å². The van der Waals surface area contributed by atoms with E-state index in [4.69, 9.17) is 4.74 Å². The summed E-state index contributed by atoms with van der Waals surface area (Å²) in [6.45, 7) is 7.33. The highest BCUT2D eigenvalue weighted by Gasteiger charge is 2.46. The van der Waals surface area contributed by atoms with Crippen molar-refractivity contribution in [1.29, 1.82) is 0 Å². The van der Waals surface area contributed by atoms with Crippen LogP contribution < -0.4 is 5.32 Å². The van der Waals surface area contributed by atoms with Crippen molar-refractivity contribution in [2.24, 2.45) is 5.41 Å². The third kappa shape index (κ3) is 5.54. The quantitative estimate of drug-likeness (QED) is 0.753. The first-order valence-electron chi connectivity index (χ1n) is 11.5. The minimum atomic E-state index is -1.08. The number of rotatable bonds is 6. The number of morpholine rings is 1. The number of hydrogen-bond acceptors (Lipinski definition) is 4. The van der Waals surface area contributed by atoms with E-state index in [1.54, 1.807) is 12.4 Å². The van der Waals surface area contributed by atoms with E-state index >= 15 is 0 Å². The Morgan fingerprint density at radius 1 is 1.16 bits per heavy atom. The first kappa shape index (κ1) is 22.5. The molecule has 1 saturated carbocycles. The van der Waals surface area contributed by atoms with E-state index in [0.29, 0.717) is 26.0 Å². The maximum Gasteiger partial charge on any atom is 0.254 e. The number of benzene rings is 1. The van der Waals surface area contributed by atoms with Crippen LogP contribution >= 0.6 is 0 Å². The summed E-state index contributed by atoms with van der Waals surface area (Å²) in [7, 11) is 0. The molecule has 1 N–H and O–H groups in total. The molecule has 1 aromatic carbocycles. The lowest BCUT2D eigenvalue weighted by Crippen LogP contribution is -2.62. The molecule has 1 aromatic heterocycles. The van der Waals surface area contributed by atoms with Gasteiger partial charge in [0, 0.05) is 37.8 Å². The average molecular weight is 436 g/mol. The Morgan fingerprint density at radius 2 is 1.91 bits per heavy atom. The van der Waals surface area contributed by atoms with E-state index in [-0.39, 0.29) is 29.8 Å². The maximum atomic E-state index is 13.4. The molecule has 1 atom stereocenters. The van der Waals surface area contributed by atoms with Gasteiger partial charge in [-0.1, -0.05) is 45.0 Å². The number of nitrogens with one attached hydrogen (secondary N) is 1. The number of amides is 2. The predicted octanol–water partition coefficient (Wildman–Crippen LogP) is 3.60. The first-order valence-corrected chi connectivity index (χ1v) is 11.5. The van der Waals surface area contributed by atoms with Crippen LogP contribution in [-0.4, -0.2) is 53.0 Å². The van der Waals surface area contributed by atoms with Crippen molar-refractivity contribution in [3.8, 4) is 11.1 Å². The fourth-order valence-corrected chi connectivity index (χ4v) is 4.17. The zero-order valence-corrected chi connectivity index (χ0v) is 19.3. The fraction of sp³-hybridized carbons (Fsp3) is 0.500. The molecule has 4 rings (SSSR count). The third-order valence-corrected chi connectivity index (χ3v) is 5.98. The van der Waals surface area contributed by atoms with Gasteiger partial charge in [0.05, 0.1) is 13.2 Å². The van der Waals surface area contributed by atoms with E-state index in [1.165, 1.54) is 0 Å². The molecular formula is C26H33N3O3. The van der Waals surface area contributed by atoms with Crippen molar-refractivity contribution in [1.82, 2.24) is 15.2 Å². The molecular weight excluding hydrogens is 402 g/mol. The van der Waals surface area contributed by atoms with Crippen LogP contribution in [0, 0.1) is 5.41 Å². The SMILES string of the molecule is CC(C)(C)CC(=O)N1CCOC(Cc2cccc(-c3ccncc3)c2)(C(=O)NC2CC2)C1. The van der Waals surface area contributed by atoms with E-state index in [0.717, 1.165) is 29.5 Å². The van der Waals surface area contributed by atoms with Gasteiger partial charge in [-0.3, -0.25) is 14.6 Å². The lowest BCUT2D eigenvalue weighted by molar-refractivity contribution is -0.166. The van der Waals surface area contributed by atoms with Gasteiger partial charge in [0.25, 0.3) is 5.91 Å². The Labute approximate surface area is 190 Å². The Morgan fingerprint density at radius 3 is 2.59 bits per heavy atom. The van der Waals surface area contributed by atoms with Crippen molar-refractivity contribution in [3.05, 3.63) is 54.4 Å². The fourth-order valence-electron chi connectivity index (χ4n) is 4.17. The number of pyridine rings is 1. The van der Waals surface area contributed by atoms with Gasteiger partial charge in [-0.2, -0.15) is 0 Å². The predicted molar refractivity (Wildman–Crippen MR) is 124 cm³/mol. The Bertz CT molecular complexity index is 966. The Balaban J connectivity index is 1.59. The van der Waals surface area contributed by atoms with Crippen LogP contribution in [0.3, 0.4) is 0 Å². The Hall–Kier alpha value is -2.73. The van der Waals surface area contributed by atoms with Gasteiger partial charge < -0.3 is 15.0 Å². The van der Waals surface area contributed by atoms with E-state index in [9.17, 15) is 9.59 Å². The van der Waals surface area contributed by atoms with Crippen molar-refractivity contribution in [2.75, 3.05) is 19.7 Å². The van der Waals surface area contributed by atoms with Crippen LogP contribution in [0.5, 0.6) is 0 Å². The summed E-state index contributed by atoms with van der Waals surface area (Å²) in [5, 5.41) is 3.13. The molecule has 6 heteroatoms. The van der Waals surface area contributed by atoms with Gasteiger partial charge in [0.2, 0.25) is 5.91 Å². The molecule has 2 aliphatic rings. The molecule has 2 aromatic rings. The summed E-state index contributed by atoms with van der Waals surface area (Å²) < 4.78 is 6.20. The second-order valence-electron chi connectivity index (χ2n) is 10.3. The van der Waals surface area contributed by atoms with Crippen molar-refractivity contribution >= 4 is 11.8 Å². The van der Waals surface area contributed by atoms with Crippen LogP contribution in [0.1, 0.15) is 45.6 Å². The topological polar surface area (TPSA) is 71.5 Å². The molecule has 1 unspecified atom stereocenters. The van der Waals surface area contributed by atoms with Crippen LogP contribution in [0.2, 0.25) is 0 Å². The van der Waals surface area contributed by atoms with Gasteiger partial charge in [0.1, 0.15) is 0 Å². The van der Waals surface area contributed by atoms with E-state index in [2.05, 4.69) is 43.2 Å². The molecule has 32 heavy (non-hydrogen) atoms. The minimum Gasteiger partial charge on any atom is -0.361 e. The molecule has 2 heterocycles. The highest BCUT2D eigenvalue weighted by molar-refractivity contribution is 5.88. The summed E-state index contributed by atoms with van der Waals surface area (Å²) in [5.41, 5.74) is 1.97. The van der Waals surface area contributed by atoms with Crippen LogP contribution in [0.15, 0.2) is 48.8 Å². The number of nitrogens with zero attached hydrogens (tertiary/aromatic N) is 2. The first-order chi connectivity index (χ1) is 15.2. The molecule has 1 aliphatic carbocycles. The van der Waals surface area contributed by atoms with Gasteiger partial charge in [-0.05, 0) is 47.1 Å². The van der Waals surface area contributed by atoms with E-state index in [1.807, 2.05) is 29.2 Å². The molecule has 6 nitrogen and oxygen atoms in total. The second-order valence-corrected chi connectivity index (χ2v) is 10.3.